The number of fused-ring (bicyclic) bond motifs is 1. The molecule has 5 nitrogen and oxygen atoms in total. The number of alkyl halides is 3. The van der Waals surface area contributed by atoms with Crippen LogP contribution in [-0.4, -0.2) is 44.9 Å². The van der Waals surface area contributed by atoms with Crippen molar-refractivity contribution in [3.8, 4) is 0 Å². The van der Waals surface area contributed by atoms with E-state index in [1.807, 2.05) is 0 Å². The lowest BCUT2D eigenvalue weighted by Crippen LogP contribution is -2.40. The number of carbonyl (C=O) groups is 1. The van der Waals surface area contributed by atoms with Gasteiger partial charge in [0.1, 0.15) is 5.60 Å². The topological polar surface area (TPSA) is 51.7 Å². The fourth-order valence-corrected chi connectivity index (χ4v) is 2.83. The Morgan fingerprint density at radius 3 is 2.59 bits per heavy atom. The smallest absolute Gasteiger partial charge is 0.429 e. The Balaban J connectivity index is 2.25. The van der Waals surface area contributed by atoms with Gasteiger partial charge in [0, 0.05) is 30.4 Å². The molecule has 0 radical (unpaired) electrons. The highest BCUT2D eigenvalue weighted by atomic mass is 32.2. The molecule has 0 fully saturated rings. The van der Waals surface area contributed by atoms with E-state index in [2.05, 4.69) is 4.98 Å². The first-order valence-corrected chi connectivity index (χ1v) is 9.81. The molecule has 1 atom stereocenters. The summed E-state index contributed by atoms with van der Waals surface area (Å²) >= 11 is 5.70. The summed E-state index contributed by atoms with van der Waals surface area (Å²) in [5, 5.41) is 0. The van der Waals surface area contributed by atoms with Gasteiger partial charge in [-0.3, -0.25) is 4.98 Å². The molecule has 2 rings (SSSR count). The molecular formula is C17H21F3N2O3S2. The van der Waals surface area contributed by atoms with Gasteiger partial charge in [-0.15, -0.1) is 0 Å². The number of thioether (sulfide) groups is 1. The average Bonchev–Trinajstić information content (AvgIpc) is 2.55. The molecule has 1 amide bonds. The van der Waals surface area contributed by atoms with Gasteiger partial charge in [0.25, 0.3) is 0 Å². The van der Waals surface area contributed by atoms with Crippen molar-refractivity contribution in [1.29, 1.82) is 0 Å². The second kappa shape index (κ2) is 8.22. The predicted molar refractivity (Wildman–Crippen MR) is 101 cm³/mol. The third kappa shape index (κ3) is 5.97. The molecule has 1 aliphatic heterocycles. The predicted octanol–water partition coefficient (Wildman–Crippen LogP) is 4.64. The van der Waals surface area contributed by atoms with Gasteiger partial charge in [-0.1, -0.05) is 11.8 Å². The van der Waals surface area contributed by atoms with E-state index in [0.717, 1.165) is 18.0 Å². The summed E-state index contributed by atoms with van der Waals surface area (Å²) in [4.78, 5) is 17.8. The summed E-state index contributed by atoms with van der Waals surface area (Å²) < 4.78 is 50.3. The van der Waals surface area contributed by atoms with E-state index in [0.29, 0.717) is 24.2 Å². The van der Waals surface area contributed by atoms with Crippen molar-refractivity contribution in [2.45, 2.75) is 51.6 Å². The zero-order valence-corrected chi connectivity index (χ0v) is 17.1. The van der Waals surface area contributed by atoms with Gasteiger partial charge < -0.3 is 14.4 Å². The normalized spacial score (nSPS) is 15.7. The summed E-state index contributed by atoms with van der Waals surface area (Å²) in [6.45, 7) is 5.78. The Labute approximate surface area is 165 Å². The first-order valence-electron chi connectivity index (χ1n) is 8.17. The number of ether oxygens (including phenoxy) is 2. The van der Waals surface area contributed by atoms with Crippen LogP contribution in [0.25, 0.3) is 0 Å². The van der Waals surface area contributed by atoms with Crippen molar-refractivity contribution in [1.82, 2.24) is 9.88 Å². The maximum Gasteiger partial charge on any atom is 0.429 e. The van der Waals surface area contributed by atoms with E-state index in [9.17, 15) is 18.0 Å². The highest BCUT2D eigenvalue weighted by Gasteiger charge is 2.44. The van der Waals surface area contributed by atoms with Crippen LogP contribution in [0.3, 0.4) is 0 Å². The number of carbonyl (C=O) groups excluding carboxylic acids is 1. The summed E-state index contributed by atoms with van der Waals surface area (Å²) in [5.74, 6) is 0. The number of thiocarbonyl (C=S) groups is 1. The number of rotatable bonds is 2. The average molecular weight is 422 g/mol. The minimum atomic E-state index is -4.64. The lowest BCUT2D eigenvalue weighted by atomic mass is 10.0. The molecule has 0 N–H and O–H groups in total. The van der Waals surface area contributed by atoms with Crippen LogP contribution in [-0.2, 0) is 22.4 Å². The number of aromatic nitrogens is 1. The van der Waals surface area contributed by atoms with Crippen LogP contribution in [0.5, 0.6) is 0 Å². The van der Waals surface area contributed by atoms with E-state index in [-0.39, 0.29) is 16.5 Å². The molecule has 0 spiro atoms. The summed E-state index contributed by atoms with van der Waals surface area (Å²) in [6, 6.07) is 1.37. The maximum atomic E-state index is 13.4. The molecule has 0 aromatic carbocycles. The van der Waals surface area contributed by atoms with Crippen molar-refractivity contribution in [3.63, 3.8) is 0 Å². The summed E-state index contributed by atoms with van der Waals surface area (Å²) in [7, 11) is 0. The Morgan fingerprint density at radius 2 is 2.04 bits per heavy atom. The van der Waals surface area contributed by atoms with Gasteiger partial charge in [-0.25, -0.2) is 4.79 Å². The Hall–Kier alpha value is -1.55. The zero-order valence-electron chi connectivity index (χ0n) is 15.4. The standard InChI is InChI=1S/C17H21F3N2O3S2/c1-16(2,3)25-14(23)22-6-5-12-11(9-22)7-10(8-21-12)13(17(18,19)20)24-15(26)27-4/h7-8,13H,5-6,9H2,1-4H3. The quantitative estimate of drug-likeness (QED) is 0.647. The maximum absolute atomic E-state index is 13.4. The molecule has 1 aromatic heterocycles. The highest BCUT2D eigenvalue weighted by molar-refractivity contribution is 8.22. The number of amides is 1. The molecule has 1 unspecified atom stereocenters. The molecule has 1 aliphatic rings. The Kier molecular flexibility index (Phi) is 6.62. The lowest BCUT2D eigenvalue weighted by Gasteiger charge is -2.31. The van der Waals surface area contributed by atoms with Crippen LogP contribution in [0.4, 0.5) is 18.0 Å². The van der Waals surface area contributed by atoms with Crippen molar-refractivity contribution in [3.05, 3.63) is 29.1 Å². The minimum absolute atomic E-state index is 0.128. The second-order valence-corrected chi connectivity index (χ2v) is 8.43. The van der Waals surface area contributed by atoms with E-state index in [4.69, 9.17) is 21.7 Å². The molecular weight excluding hydrogens is 401 g/mol. The van der Waals surface area contributed by atoms with Crippen LogP contribution in [0, 0.1) is 0 Å². The molecule has 150 valence electrons. The third-order valence-corrected chi connectivity index (χ3v) is 4.72. The monoisotopic (exact) mass is 422 g/mol. The van der Waals surface area contributed by atoms with Gasteiger partial charge in [-0.2, -0.15) is 13.2 Å². The van der Waals surface area contributed by atoms with Crippen LogP contribution in [0.1, 0.15) is 43.7 Å². The molecule has 10 heteroatoms. The van der Waals surface area contributed by atoms with E-state index in [1.165, 1.54) is 11.0 Å². The molecule has 0 aliphatic carbocycles. The highest BCUT2D eigenvalue weighted by Crippen LogP contribution is 2.37. The van der Waals surface area contributed by atoms with Crippen molar-refractivity contribution in [2.75, 3.05) is 12.8 Å². The zero-order chi connectivity index (χ0) is 20.4. The molecule has 2 heterocycles. The first-order chi connectivity index (χ1) is 12.4. The minimum Gasteiger partial charge on any atom is -0.461 e. The van der Waals surface area contributed by atoms with E-state index in [1.54, 1.807) is 27.0 Å². The van der Waals surface area contributed by atoms with Gasteiger partial charge in [0.15, 0.2) is 0 Å². The van der Waals surface area contributed by atoms with E-state index < -0.39 is 24.0 Å². The fraction of sp³-hybridized carbons (Fsp3) is 0.588. The number of hydrogen-bond donors (Lipinski definition) is 0. The molecule has 1 aromatic rings. The number of hydrogen-bond acceptors (Lipinski definition) is 6. The van der Waals surface area contributed by atoms with Gasteiger partial charge in [-0.05, 0) is 50.9 Å². The number of pyridine rings is 1. The van der Waals surface area contributed by atoms with Crippen molar-refractivity contribution < 1.29 is 27.4 Å². The first kappa shape index (κ1) is 21.7. The number of nitrogens with zero attached hydrogens (tertiary/aromatic N) is 2. The van der Waals surface area contributed by atoms with Crippen LogP contribution >= 0.6 is 24.0 Å². The fourth-order valence-electron chi connectivity index (χ4n) is 2.54. The van der Waals surface area contributed by atoms with Gasteiger partial charge in [0.2, 0.25) is 10.5 Å². The largest absolute Gasteiger partial charge is 0.461 e. The van der Waals surface area contributed by atoms with Crippen LogP contribution in [0.15, 0.2) is 12.3 Å². The molecule has 0 saturated heterocycles. The Morgan fingerprint density at radius 1 is 1.37 bits per heavy atom. The second-order valence-electron chi connectivity index (χ2n) is 7.02. The number of halogens is 3. The van der Waals surface area contributed by atoms with Gasteiger partial charge >= 0.3 is 12.3 Å². The third-order valence-electron chi connectivity index (χ3n) is 3.69. The summed E-state index contributed by atoms with van der Waals surface area (Å²) in [6.07, 6.45) is -4.22. The lowest BCUT2D eigenvalue weighted by molar-refractivity contribution is -0.200. The van der Waals surface area contributed by atoms with Crippen molar-refractivity contribution >= 4 is 34.5 Å². The van der Waals surface area contributed by atoms with Crippen LogP contribution < -0.4 is 0 Å². The SMILES string of the molecule is CSC(=S)OC(c1cnc2c(c1)CN(C(=O)OC(C)(C)C)CC2)C(F)(F)F. The molecule has 0 saturated carbocycles. The Bertz CT molecular complexity index is 720. The van der Waals surface area contributed by atoms with E-state index >= 15 is 0 Å². The molecule has 0 bridgehead atoms. The van der Waals surface area contributed by atoms with Crippen LogP contribution in [0.2, 0.25) is 0 Å². The summed E-state index contributed by atoms with van der Waals surface area (Å²) in [5.41, 5.74) is 0.397. The van der Waals surface area contributed by atoms with Gasteiger partial charge in [0.05, 0.1) is 6.54 Å². The van der Waals surface area contributed by atoms with Crippen molar-refractivity contribution in [2.24, 2.45) is 0 Å². The molecule has 27 heavy (non-hydrogen) atoms.